The van der Waals surface area contributed by atoms with Crippen molar-refractivity contribution in [1.29, 1.82) is 0 Å². The number of carbonyl (C=O) groups is 2. The van der Waals surface area contributed by atoms with Crippen molar-refractivity contribution in [3.8, 4) is 5.75 Å². The smallest absolute Gasteiger partial charge is 0.293 e. The number of nitro benzene ring substituents is 1. The van der Waals surface area contributed by atoms with E-state index in [0.29, 0.717) is 11.3 Å². The molecule has 2 amide bonds. The number of imide groups is 1. The molecule has 2 aromatic rings. The number of methoxy groups -OCH3 is 1. The summed E-state index contributed by atoms with van der Waals surface area (Å²) in [6.45, 7) is 0.154. The van der Waals surface area contributed by atoms with Gasteiger partial charge < -0.3 is 4.74 Å². The van der Waals surface area contributed by atoms with Gasteiger partial charge in [-0.15, -0.1) is 0 Å². The number of hydrogen-bond acceptors (Lipinski definition) is 6. The summed E-state index contributed by atoms with van der Waals surface area (Å²) in [5, 5.41) is 10.6. The van der Waals surface area contributed by atoms with E-state index in [-0.39, 0.29) is 17.1 Å². The summed E-state index contributed by atoms with van der Waals surface area (Å²) < 4.78 is 6.10. The molecule has 2 aromatic carbocycles. The van der Waals surface area contributed by atoms with Crippen LogP contribution in [0, 0.1) is 10.1 Å². The first-order chi connectivity index (χ1) is 12.9. The van der Waals surface area contributed by atoms with Gasteiger partial charge in [0.25, 0.3) is 16.8 Å². The summed E-state index contributed by atoms with van der Waals surface area (Å²) in [5.74, 6) is -0.0678. The monoisotopic (exact) mass is 448 g/mol. The average Bonchev–Trinajstić information content (AvgIpc) is 2.90. The minimum absolute atomic E-state index is 0.129. The third kappa shape index (κ3) is 4.20. The minimum atomic E-state index is -0.532. The quantitative estimate of drug-likeness (QED) is 0.377. The van der Waals surface area contributed by atoms with E-state index in [1.807, 2.05) is 24.3 Å². The van der Waals surface area contributed by atoms with E-state index in [2.05, 4.69) is 15.9 Å². The Morgan fingerprint density at radius 2 is 1.93 bits per heavy atom. The maximum Gasteiger partial charge on any atom is 0.293 e. The lowest BCUT2D eigenvalue weighted by molar-refractivity contribution is -0.384. The zero-order valence-corrected chi connectivity index (χ0v) is 16.5. The van der Waals surface area contributed by atoms with Crippen LogP contribution in [-0.4, -0.2) is 28.1 Å². The molecule has 1 fully saturated rings. The Morgan fingerprint density at radius 1 is 1.22 bits per heavy atom. The highest BCUT2D eigenvalue weighted by molar-refractivity contribution is 9.10. The maximum atomic E-state index is 12.6. The van der Waals surface area contributed by atoms with Gasteiger partial charge in [-0.25, -0.2) is 0 Å². The molecule has 27 heavy (non-hydrogen) atoms. The molecule has 1 aliphatic rings. The molecule has 0 aliphatic carbocycles. The number of rotatable bonds is 5. The lowest BCUT2D eigenvalue weighted by Gasteiger charge is -2.12. The molecular formula is C18H13BrN2O5S. The summed E-state index contributed by atoms with van der Waals surface area (Å²) in [7, 11) is 1.43. The molecule has 1 heterocycles. The highest BCUT2D eigenvalue weighted by Crippen LogP contribution is 2.35. The van der Waals surface area contributed by atoms with Gasteiger partial charge in [0.15, 0.2) is 0 Å². The highest BCUT2D eigenvalue weighted by Gasteiger charge is 2.35. The van der Waals surface area contributed by atoms with Crippen LogP contribution in [0.4, 0.5) is 10.5 Å². The SMILES string of the molecule is COc1ccc([N+](=O)[O-])cc1/C=C1/SC(=O)N(Cc2ccc(Br)cc2)C1=O. The van der Waals surface area contributed by atoms with Crippen molar-refractivity contribution < 1.29 is 19.2 Å². The van der Waals surface area contributed by atoms with E-state index >= 15 is 0 Å². The fraction of sp³-hybridized carbons (Fsp3) is 0.111. The number of non-ortho nitro benzene ring substituents is 1. The Bertz CT molecular complexity index is 959. The van der Waals surface area contributed by atoms with E-state index in [1.165, 1.54) is 31.4 Å². The average molecular weight is 449 g/mol. The molecule has 1 saturated heterocycles. The van der Waals surface area contributed by atoms with Gasteiger partial charge in [-0.3, -0.25) is 24.6 Å². The second-order valence-electron chi connectivity index (χ2n) is 5.58. The third-order valence-corrected chi connectivity index (χ3v) is 5.27. The molecule has 0 saturated carbocycles. The highest BCUT2D eigenvalue weighted by atomic mass is 79.9. The zero-order valence-electron chi connectivity index (χ0n) is 14.0. The van der Waals surface area contributed by atoms with Crippen molar-refractivity contribution in [1.82, 2.24) is 4.90 Å². The Kier molecular flexibility index (Phi) is 5.62. The van der Waals surface area contributed by atoms with E-state index in [9.17, 15) is 19.7 Å². The standard InChI is InChI=1S/C18H13BrN2O5S/c1-26-15-7-6-14(21(24)25)8-12(15)9-16-17(22)20(18(23)27-16)10-11-2-4-13(19)5-3-11/h2-9H,10H2,1H3/b16-9+. The molecule has 0 spiro atoms. The van der Waals surface area contributed by atoms with Crippen LogP contribution in [0.25, 0.3) is 6.08 Å². The Balaban J connectivity index is 1.89. The summed E-state index contributed by atoms with van der Waals surface area (Å²) in [6.07, 6.45) is 1.44. The second-order valence-corrected chi connectivity index (χ2v) is 7.49. The normalized spacial score (nSPS) is 15.5. The number of thioether (sulfide) groups is 1. The predicted octanol–water partition coefficient (Wildman–Crippen LogP) is 4.60. The minimum Gasteiger partial charge on any atom is -0.496 e. The maximum absolute atomic E-state index is 12.6. The van der Waals surface area contributed by atoms with Gasteiger partial charge in [-0.2, -0.15) is 0 Å². The van der Waals surface area contributed by atoms with Crippen LogP contribution >= 0.6 is 27.7 Å². The molecule has 0 atom stereocenters. The van der Waals surface area contributed by atoms with Crippen LogP contribution < -0.4 is 4.74 Å². The van der Waals surface area contributed by atoms with Crippen molar-refractivity contribution in [3.63, 3.8) is 0 Å². The predicted molar refractivity (Wildman–Crippen MR) is 105 cm³/mol. The van der Waals surface area contributed by atoms with Gasteiger partial charge in [-0.05, 0) is 41.6 Å². The van der Waals surface area contributed by atoms with Gasteiger partial charge in [-0.1, -0.05) is 28.1 Å². The first-order valence-electron chi connectivity index (χ1n) is 7.71. The third-order valence-electron chi connectivity index (χ3n) is 3.84. The van der Waals surface area contributed by atoms with E-state index < -0.39 is 16.1 Å². The first-order valence-corrected chi connectivity index (χ1v) is 9.32. The Labute approximate surface area is 167 Å². The molecular weight excluding hydrogens is 436 g/mol. The van der Waals surface area contributed by atoms with Crippen LogP contribution in [0.15, 0.2) is 51.8 Å². The van der Waals surface area contributed by atoms with Gasteiger partial charge in [0, 0.05) is 22.2 Å². The summed E-state index contributed by atoms with van der Waals surface area (Å²) >= 11 is 4.13. The molecule has 9 heteroatoms. The molecule has 7 nitrogen and oxygen atoms in total. The summed E-state index contributed by atoms with van der Waals surface area (Å²) in [4.78, 5) is 36.7. The molecule has 0 aromatic heterocycles. The molecule has 0 radical (unpaired) electrons. The van der Waals surface area contributed by atoms with E-state index in [0.717, 1.165) is 26.7 Å². The fourth-order valence-electron chi connectivity index (χ4n) is 2.50. The number of hydrogen-bond donors (Lipinski definition) is 0. The van der Waals surface area contributed by atoms with Crippen molar-refractivity contribution in [2.75, 3.05) is 7.11 Å². The largest absolute Gasteiger partial charge is 0.496 e. The molecule has 0 bridgehead atoms. The lowest BCUT2D eigenvalue weighted by atomic mass is 10.1. The van der Waals surface area contributed by atoms with Crippen LogP contribution in [0.5, 0.6) is 5.75 Å². The number of nitro groups is 1. The van der Waals surface area contributed by atoms with Crippen molar-refractivity contribution in [3.05, 3.63) is 73.1 Å². The first kappa shape index (κ1) is 19.1. The molecule has 0 unspecified atom stereocenters. The van der Waals surface area contributed by atoms with Crippen molar-refractivity contribution >= 4 is 50.6 Å². The Hall–Kier alpha value is -2.65. The van der Waals surface area contributed by atoms with E-state index in [4.69, 9.17) is 4.74 Å². The van der Waals surface area contributed by atoms with Crippen molar-refractivity contribution in [2.24, 2.45) is 0 Å². The molecule has 138 valence electrons. The molecule has 3 rings (SSSR count). The number of ether oxygens (including phenoxy) is 1. The van der Waals surface area contributed by atoms with Gasteiger partial charge in [0.05, 0.1) is 23.5 Å². The lowest BCUT2D eigenvalue weighted by Crippen LogP contribution is -2.27. The summed E-state index contributed by atoms with van der Waals surface area (Å²) in [5.41, 5.74) is 1.05. The number of benzene rings is 2. The Morgan fingerprint density at radius 3 is 2.56 bits per heavy atom. The second kappa shape index (κ2) is 7.93. The molecule has 1 aliphatic heterocycles. The van der Waals surface area contributed by atoms with Gasteiger partial charge >= 0.3 is 0 Å². The van der Waals surface area contributed by atoms with Crippen LogP contribution in [-0.2, 0) is 11.3 Å². The van der Waals surface area contributed by atoms with Crippen LogP contribution in [0.2, 0.25) is 0 Å². The topological polar surface area (TPSA) is 89.8 Å². The number of carbonyl (C=O) groups excluding carboxylic acids is 2. The van der Waals surface area contributed by atoms with Crippen molar-refractivity contribution in [2.45, 2.75) is 6.54 Å². The van der Waals surface area contributed by atoms with Crippen LogP contribution in [0.1, 0.15) is 11.1 Å². The number of amides is 2. The summed E-state index contributed by atoms with van der Waals surface area (Å²) in [6, 6.07) is 11.4. The zero-order chi connectivity index (χ0) is 19.6. The fourth-order valence-corrected chi connectivity index (χ4v) is 3.59. The van der Waals surface area contributed by atoms with E-state index in [1.54, 1.807) is 0 Å². The number of halogens is 1. The number of nitrogens with zero attached hydrogens (tertiary/aromatic N) is 2. The van der Waals surface area contributed by atoms with Gasteiger partial charge in [0.2, 0.25) is 0 Å². The van der Waals surface area contributed by atoms with Gasteiger partial charge in [0.1, 0.15) is 5.75 Å². The molecule has 0 N–H and O–H groups in total. The van der Waals surface area contributed by atoms with Crippen LogP contribution in [0.3, 0.4) is 0 Å².